The van der Waals surface area contributed by atoms with E-state index in [4.69, 9.17) is 0 Å². The molecule has 0 unspecified atom stereocenters. The molecule has 0 atom stereocenters. The zero-order valence-electron chi connectivity index (χ0n) is 18.9. The standard InChI is InChI=1S/C26H23F6NO2S/c27-25(28,29)21-15-22(26(30,31)32)17-23(16-21)36(34,35)33-13-11-20(12-14-33)24(18-7-3-1-4-8-18)19-9-5-2-6-10-19/h1-10,15-17,20,24H,11-14H2. The van der Waals surface area contributed by atoms with Crippen molar-refractivity contribution in [2.45, 2.75) is 36.0 Å². The maximum atomic E-state index is 13.3. The minimum absolute atomic E-state index is 0.0131. The Hall–Kier alpha value is -2.85. The molecule has 3 aromatic rings. The van der Waals surface area contributed by atoms with Gasteiger partial charge in [-0.15, -0.1) is 0 Å². The van der Waals surface area contributed by atoms with Gasteiger partial charge in [0, 0.05) is 19.0 Å². The van der Waals surface area contributed by atoms with Crippen LogP contribution in [0.4, 0.5) is 26.3 Å². The quantitative estimate of drug-likeness (QED) is 0.337. The number of piperidine rings is 1. The minimum atomic E-state index is -5.13. The molecule has 1 saturated heterocycles. The summed E-state index contributed by atoms with van der Waals surface area (Å²) in [5.41, 5.74) is -1.20. The molecule has 3 aromatic carbocycles. The fourth-order valence-corrected chi connectivity index (χ4v) is 6.27. The van der Waals surface area contributed by atoms with Gasteiger partial charge >= 0.3 is 12.4 Å². The summed E-state index contributed by atoms with van der Waals surface area (Å²) in [5.74, 6) is 0.0103. The first-order valence-electron chi connectivity index (χ1n) is 11.3. The number of hydrogen-bond donors (Lipinski definition) is 0. The molecule has 0 bridgehead atoms. The van der Waals surface area contributed by atoms with Crippen molar-refractivity contribution in [2.75, 3.05) is 13.1 Å². The lowest BCUT2D eigenvalue weighted by Gasteiger charge is -2.36. The van der Waals surface area contributed by atoms with Crippen molar-refractivity contribution in [3.05, 3.63) is 101 Å². The first kappa shape index (κ1) is 26.2. The first-order chi connectivity index (χ1) is 16.9. The summed E-state index contributed by atoms with van der Waals surface area (Å²) < 4.78 is 107. The van der Waals surface area contributed by atoms with E-state index in [0.29, 0.717) is 12.8 Å². The van der Waals surface area contributed by atoms with Gasteiger partial charge in [0.15, 0.2) is 0 Å². The number of sulfonamides is 1. The van der Waals surface area contributed by atoms with Crippen molar-refractivity contribution in [3.63, 3.8) is 0 Å². The highest BCUT2D eigenvalue weighted by Gasteiger charge is 2.40. The van der Waals surface area contributed by atoms with Gasteiger partial charge in [-0.25, -0.2) is 8.42 Å². The van der Waals surface area contributed by atoms with E-state index in [-0.39, 0.29) is 43.1 Å². The highest BCUT2D eigenvalue weighted by Crippen LogP contribution is 2.41. The van der Waals surface area contributed by atoms with E-state index in [2.05, 4.69) is 0 Å². The smallest absolute Gasteiger partial charge is 0.207 e. The molecule has 0 aromatic heterocycles. The number of halogens is 6. The van der Waals surface area contributed by atoms with Crippen molar-refractivity contribution in [2.24, 2.45) is 5.92 Å². The molecule has 10 heteroatoms. The number of hydrogen-bond acceptors (Lipinski definition) is 2. The van der Waals surface area contributed by atoms with Gasteiger partial charge in [-0.3, -0.25) is 0 Å². The Morgan fingerprint density at radius 3 is 1.50 bits per heavy atom. The third-order valence-corrected chi connectivity index (χ3v) is 8.36. The Bertz CT molecular complexity index is 1210. The van der Waals surface area contributed by atoms with Crippen LogP contribution in [0.15, 0.2) is 83.8 Å². The highest BCUT2D eigenvalue weighted by molar-refractivity contribution is 7.89. The largest absolute Gasteiger partial charge is 0.416 e. The summed E-state index contributed by atoms with van der Waals surface area (Å²) in [6.45, 7) is -0.0263. The summed E-state index contributed by atoms with van der Waals surface area (Å²) in [5, 5.41) is 0. The monoisotopic (exact) mass is 527 g/mol. The van der Waals surface area contributed by atoms with Gasteiger partial charge in [0.2, 0.25) is 10.0 Å². The molecule has 0 spiro atoms. The van der Waals surface area contributed by atoms with E-state index in [0.717, 1.165) is 15.4 Å². The average molecular weight is 528 g/mol. The Balaban J connectivity index is 1.61. The molecular formula is C26H23F6NO2S. The lowest BCUT2D eigenvalue weighted by Crippen LogP contribution is -2.40. The molecule has 192 valence electrons. The molecule has 0 radical (unpaired) electrons. The summed E-state index contributed by atoms with van der Waals surface area (Å²) in [6, 6.07) is 19.9. The lowest BCUT2D eigenvalue weighted by atomic mass is 9.76. The molecule has 0 saturated carbocycles. The lowest BCUT2D eigenvalue weighted by molar-refractivity contribution is -0.143. The van der Waals surface area contributed by atoms with E-state index in [9.17, 15) is 34.8 Å². The average Bonchev–Trinajstić information content (AvgIpc) is 2.84. The summed E-state index contributed by atoms with van der Waals surface area (Å²) in [4.78, 5) is -1.01. The second-order valence-corrected chi connectivity index (χ2v) is 10.7. The molecule has 0 aliphatic carbocycles. The minimum Gasteiger partial charge on any atom is -0.207 e. The second-order valence-electron chi connectivity index (χ2n) is 8.78. The van der Waals surface area contributed by atoms with Crippen LogP contribution < -0.4 is 0 Å². The van der Waals surface area contributed by atoms with Crippen molar-refractivity contribution >= 4 is 10.0 Å². The highest BCUT2D eigenvalue weighted by atomic mass is 32.2. The number of rotatable bonds is 5. The number of alkyl halides is 6. The van der Waals surface area contributed by atoms with Crippen LogP contribution in [-0.2, 0) is 22.4 Å². The molecule has 1 fully saturated rings. The Morgan fingerprint density at radius 2 is 1.11 bits per heavy atom. The third kappa shape index (κ3) is 5.59. The topological polar surface area (TPSA) is 37.4 Å². The van der Waals surface area contributed by atoms with Gasteiger partial charge in [-0.1, -0.05) is 60.7 Å². The third-order valence-electron chi connectivity index (χ3n) is 6.49. The Kier molecular flexibility index (Phi) is 7.21. The van der Waals surface area contributed by atoms with Gasteiger partial charge in [0.1, 0.15) is 0 Å². The van der Waals surface area contributed by atoms with Crippen LogP contribution in [0.5, 0.6) is 0 Å². The van der Waals surface area contributed by atoms with Crippen LogP contribution in [-0.4, -0.2) is 25.8 Å². The van der Waals surface area contributed by atoms with E-state index >= 15 is 0 Å². The predicted octanol–water partition coefficient (Wildman–Crippen LogP) is 6.96. The van der Waals surface area contributed by atoms with Crippen LogP contribution >= 0.6 is 0 Å². The van der Waals surface area contributed by atoms with Crippen molar-refractivity contribution in [1.82, 2.24) is 4.31 Å². The van der Waals surface area contributed by atoms with E-state index in [1.165, 1.54) is 0 Å². The van der Waals surface area contributed by atoms with Gasteiger partial charge in [-0.05, 0) is 48.1 Å². The Labute approximate surface area is 205 Å². The maximum Gasteiger partial charge on any atom is 0.416 e. The fraction of sp³-hybridized carbons (Fsp3) is 0.308. The fourth-order valence-electron chi connectivity index (χ4n) is 4.73. The molecule has 1 heterocycles. The van der Waals surface area contributed by atoms with Crippen LogP contribution in [0.2, 0.25) is 0 Å². The van der Waals surface area contributed by atoms with Crippen molar-refractivity contribution in [3.8, 4) is 0 Å². The summed E-state index contributed by atoms with van der Waals surface area (Å²) >= 11 is 0. The molecule has 0 amide bonds. The summed E-state index contributed by atoms with van der Waals surface area (Å²) in [7, 11) is -4.57. The van der Waals surface area contributed by atoms with Crippen molar-refractivity contribution < 1.29 is 34.8 Å². The molecule has 36 heavy (non-hydrogen) atoms. The number of nitrogens with zero attached hydrogens (tertiary/aromatic N) is 1. The van der Waals surface area contributed by atoms with Crippen LogP contribution in [0.3, 0.4) is 0 Å². The molecule has 4 rings (SSSR count). The SMILES string of the molecule is O=S(=O)(c1cc(C(F)(F)F)cc(C(F)(F)F)c1)N1CCC(C(c2ccccc2)c2ccccc2)CC1. The molecule has 0 N–H and O–H groups in total. The summed E-state index contributed by atoms with van der Waals surface area (Å²) in [6.07, 6.45) is -9.45. The Morgan fingerprint density at radius 1 is 0.694 bits per heavy atom. The van der Waals surface area contributed by atoms with Gasteiger partial charge in [0.25, 0.3) is 0 Å². The predicted molar refractivity (Wildman–Crippen MR) is 123 cm³/mol. The zero-order valence-corrected chi connectivity index (χ0v) is 19.7. The van der Waals surface area contributed by atoms with E-state index in [1.807, 2.05) is 60.7 Å². The van der Waals surface area contributed by atoms with Crippen molar-refractivity contribution in [1.29, 1.82) is 0 Å². The number of benzene rings is 3. The van der Waals surface area contributed by atoms with Gasteiger partial charge in [-0.2, -0.15) is 30.6 Å². The van der Waals surface area contributed by atoms with E-state index in [1.54, 1.807) is 0 Å². The van der Waals surface area contributed by atoms with E-state index < -0.39 is 38.4 Å². The molecule has 1 aliphatic heterocycles. The first-order valence-corrected chi connectivity index (χ1v) is 12.7. The van der Waals surface area contributed by atoms with Crippen LogP contribution in [0.25, 0.3) is 0 Å². The zero-order chi connectivity index (χ0) is 26.1. The van der Waals surface area contributed by atoms with Gasteiger partial charge in [0.05, 0.1) is 16.0 Å². The molecule has 1 aliphatic rings. The maximum absolute atomic E-state index is 13.3. The van der Waals surface area contributed by atoms with Gasteiger partial charge < -0.3 is 0 Å². The van der Waals surface area contributed by atoms with Crippen LogP contribution in [0, 0.1) is 5.92 Å². The second kappa shape index (κ2) is 9.89. The molecular weight excluding hydrogens is 504 g/mol. The molecule has 3 nitrogen and oxygen atoms in total. The van der Waals surface area contributed by atoms with Crippen LogP contribution in [0.1, 0.15) is 41.0 Å². The normalized spacial score (nSPS) is 16.4.